The van der Waals surface area contributed by atoms with E-state index < -0.39 is 24.4 Å². The molecule has 0 fully saturated rings. The molecule has 1 aromatic rings. The van der Waals surface area contributed by atoms with Gasteiger partial charge in [-0.2, -0.15) is 13.2 Å². The highest BCUT2D eigenvalue weighted by molar-refractivity contribution is 5.64. The Hall–Kier alpha value is -1.79. The van der Waals surface area contributed by atoms with Crippen LogP contribution in [-0.2, 0) is 12.7 Å². The number of amides is 1. The molecule has 1 amide bonds. The Morgan fingerprint density at radius 2 is 2.19 bits per heavy atom. The van der Waals surface area contributed by atoms with E-state index in [1.807, 2.05) is 5.32 Å². The molecule has 0 aromatic carbocycles. The number of pyridine rings is 1. The minimum Gasteiger partial charge on any atom is -0.465 e. The van der Waals surface area contributed by atoms with Crippen molar-refractivity contribution in [2.45, 2.75) is 19.6 Å². The molecule has 0 aliphatic heterocycles. The van der Waals surface area contributed by atoms with E-state index in [4.69, 9.17) is 5.11 Å². The van der Waals surface area contributed by atoms with Crippen LogP contribution in [0.5, 0.6) is 0 Å². The Balaban J connectivity index is 3.03. The third-order valence-electron chi connectivity index (χ3n) is 1.86. The summed E-state index contributed by atoms with van der Waals surface area (Å²) in [7, 11) is 0. The van der Waals surface area contributed by atoms with Crippen LogP contribution in [-0.4, -0.2) is 16.2 Å². The van der Waals surface area contributed by atoms with Crippen LogP contribution in [0, 0.1) is 6.92 Å². The lowest BCUT2D eigenvalue weighted by atomic mass is 10.1. The molecule has 0 unspecified atom stereocenters. The van der Waals surface area contributed by atoms with Gasteiger partial charge in [0.1, 0.15) is 0 Å². The number of carbonyl (C=O) groups is 1. The van der Waals surface area contributed by atoms with Crippen LogP contribution in [0.25, 0.3) is 0 Å². The van der Waals surface area contributed by atoms with Crippen molar-refractivity contribution in [3.05, 3.63) is 29.1 Å². The zero-order valence-corrected chi connectivity index (χ0v) is 8.30. The number of aryl methyl sites for hydroxylation is 1. The van der Waals surface area contributed by atoms with Gasteiger partial charge in [0, 0.05) is 24.0 Å². The lowest BCUT2D eigenvalue weighted by molar-refractivity contribution is -0.138. The fourth-order valence-electron chi connectivity index (χ4n) is 1.16. The normalized spacial score (nSPS) is 11.2. The molecule has 2 N–H and O–H groups in total. The van der Waals surface area contributed by atoms with Crippen molar-refractivity contribution in [3.8, 4) is 0 Å². The first-order valence-corrected chi connectivity index (χ1v) is 4.30. The molecular weight excluding hydrogens is 225 g/mol. The average Bonchev–Trinajstić information content (AvgIpc) is 2.14. The maximum Gasteiger partial charge on any atom is 0.416 e. The number of halogens is 3. The van der Waals surface area contributed by atoms with Crippen molar-refractivity contribution in [3.63, 3.8) is 0 Å². The molecule has 4 nitrogen and oxygen atoms in total. The first kappa shape index (κ1) is 12.3. The zero-order valence-electron chi connectivity index (χ0n) is 8.30. The van der Waals surface area contributed by atoms with E-state index in [0.29, 0.717) is 0 Å². The number of nitrogens with one attached hydrogen (secondary N) is 1. The highest BCUT2D eigenvalue weighted by Crippen LogP contribution is 2.31. The lowest BCUT2D eigenvalue weighted by Crippen LogP contribution is -2.22. The van der Waals surface area contributed by atoms with Crippen LogP contribution in [0.3, 0.4) is 0 Å². The SMILES string of the molecule is Cc1cc(C(F)(F)F)c(CNC(=O)O)cn1. The largest absolute Gasteiger partial charge is 0.465 e. The van der Waals surface area contributed by atoms with Crippen molar-refractivity contribution in [1.29, 1.82) is 0 Å². The topological polar surface area (TPSA) is 62.2 Å². The summed E-state index contributed by atoms with van der Waals surface area (Å²) in [5, 5.41) is 10.2. The van der Waals surface area contributed by atoms with E-state index in [0.717, 1.165) is 12.3 Å². The van der Waals surface area contributed by atoms with Crippen molar-refractivity contribution in [2.24, 2.45) is 0 Å². The number of hydrogen-bond donors (Lipinski definition) is 2. The van der Waals surface area contributed by atoms with Gasteiger partial charge in [-0.05, 0) is 13.0 Å². The van der Waals surface area contributed by atoms with Gasteiger partial charge >= 0.3 is 12.3 Å². The average molecular weight is 234 g/mol. The number of alkyl halides is 3. The predicted molar refractivity (Wildman–Crippen MR) is 48.8 cm³/mol. The van der Waals surface area contributed by atoms with Gasteiger partial charge in [0.05, 0.1) is 5.56 Å². The van der Waals surface area contributed by atoms with E-state index in [1.54, 1.807) is 0 Å². The van der Waals surface area contributed by atoms with Crippen LogP contribution >= 0.6 is 0 Å². The van der Waals surface area contributed by atoms with E-state index in [1.165, 1.54) is 6.92 Å². The first-order valence-electron chi connectivity index (χ1n) is 4.30. The summed E-state index contributed by atoms with van der Waals surface area (Å²) in [5.74, 6) is 0. The maximum absolute atomic E-state index is 12.5. The second-order valence-corrected chi connectivity index (χ2v) is 3.14. The Morgan fingerprint density at radius 1 is 1.56 bits per heavy atom. The second kappa shape index (κ2) is 4.38. The molecule has 0 aliphatic rings. The van der Waals surface area contributed by atoms with E-state index in [2.05, 4.69) is 4.98 Å². The highest BCUT2D eigenvalue weighted by atomic mass is 19.4. The molecule has 1 aromatic heterocycles. The smallest absolute Gasteiger partial charge is 0.416 e. The molecule has 7 heteroatoms. The van der Waals surface area contributed by atoms with Crippen LogP contribution in [0.4, 0.5) is 18.0 Å². The van der Waals surface area contributed by atoms with E-state index >= 15 is 0 Å². The van der Waals surface area contributed by atoms with Crippen LogP contribution in [0.1, 0.15) is 16.8 Å². The molecule has 0 saturated heterocycles. The highest BCUT2D eigenvalue weighted by Gasteiger charge is 2.33. The number of hydrogen-bond acceptors (Lipinski definition) is 2. The molecule has 0 atom stereocenters. The molecule has 0 bridgehead atoms. The summed E-state index contributed by atoms with van der Waals surface area (Å²) >= 11 is 0. The Labute approximate surface area is 89.1 Å². The van der Waals surface area contributed by atoms with Gasteiger partial charge in [-0.3, -0.25) is 4.98 Å². The van der Waals surface area contributed by atoms with Crippen molar-refractivity contribution < 1.29 is 23.1 Å². The van der Waals surface area contributed by atoms with E-state index in [-0.39, 0.29) is 11.3 Å². The molecule has 0 aliphatic carbocycles. The number of rotatable bonds is 2. The third-order valence-corrected chi connectivity index (χ3v) is 1.86. The van der Waals surface area contributed by atoms with Crippen LogP contribution < -0.4 is 5.32 Å². The van der Waals surface area contributed by atoms with Crippen molar-refractivity contribution in [1.82, 2.24) is 10.3 Å². The predicted octanol–water partition coefficient (Wildman–Crippen LogP) is 2.18. The van der Waals surface area contributed by atoms with Crippen LogP contribution in [0.15, 0.2) is 12.3 Å². The molecule has 0 saturated carbocycles. The maximum atomic E-state index is 12.5. The molecule has 1 heterocycles. The molecule has 0 radical (unpaired) electrons. The van der Waals surface area contributed by atoms with Crippen molar-refractivity contribution >= 4 is 6.09 Å². The van der Waals surface area contributed by atoms with Gasteiger partial charge in [0.25, 0.3) is 0 Å². The van der Waals surface area contributed by atoms with E-state index in [9.17, 15) is 18.0 Å². The first-order chi connectivity index (χ1) is 7.30. The Bertz CT molecular complexity index is 404. The summed E-state index contributed by atoms with van der Waals surface area (Å²) < 4.78 is 37.6. The Morgan fingerprint density at radius 3 is 2.69 bits per heavy atom. The fourth-order valence-corrected chi connectivity index (χ4v) is 1.16. The van der Waals surface area contributed by atoms with Gasteiger partial charge in [-0.15, -0.1) is 0 Å². The lowest BCUT2D eigenvalue weighted by Gasteiger charge is -2.12. The van der Waals surface area contributed by atoms with Crippen LogP contribution in [0.2, 0.25) is 0 Å². The summed E-state index contributed by atoms with van der Waals surface area (Å²) in [6.07, 6.45) is -4.87. The molecule has 1 rings (SSSR count). The van der Waals surface area contributed by atoms with Gasteiger partial charge in [0.15, 0.2) is 0 Å². The Kier molecular flexibility index (Phi) is 3.36. The zero-order chi connectivity index (χ0) is 12.3. The number of nitrogens with zero attached hydrogens (tertiary/aromatic N) is 1. The quantitative estimate of drug-likeness (QED) is 0.824. The van der Waals surface area contributed by atoms with Gasteiger partial charge < -0.3 is 10.4 Å². The summed E-state index contributed by atoms with van der Waals surface area (Å²) in [4.78, 5) is 13.9. The van der Waals surface area contributed by atoms with Gasteiger partial charge in [-0.1, -0.05) is 0 Å². The second-order valence-electron chi connectivity index (χ2n) is 3.14. The number of carboxylic acid groups (broad SMARTS) is 1. The van der Waals surface area contributed by atoms with Gasteiger partial charge in [-0.25, -0.2) is 4.79 Å². The van der Waals surface area contributed by atoms with Crippen molar-refractivity contribution in [2.75, 3.05) is 0 Å². The minimum absolute atomic E-state index is 0.194. The molecule has 0 spiro atoms. The number of aromatic nitrogens is 1. The third kappa shape index (κ3) is 3.11. The summed E-state index contributed by atoms with van der Waals surface area (Å²) in [6, 6.07) is 0.888. The molecular formula is C9H9F3N2O2. The van der Waals surface area contributed by atoms with Gasteiger partial charge in [0.2, 0.25) is 0 Å². The molecule has 16 heavy (non-hydrogen) atoms. The standard InChI is InChI=1S/C9H9F3N2O2/c1-5-2-7(9(10,11)12)6(3-13-5)4-14-8(15)16/h2-3,14H,4H2,1H3,(H,15,16). The molecule has 88 valence electrons. The summed E-state index contributed by atoms with van der Waals surface area (Å²) in [6.45, 7) is 1.01. The monoisotopic (exact) mass is 234 g/mol. The fraction of sp³-hybridized carbons (Fsp3) is 0.333. The summed E-state index contributed by atoms with van der Waals surface area (Å²) in [5.41, 5.74) is -0.833. The minimum atomic E-state index is -4.51.